The van der Waals surface area contributed by atoms with Crippen LogP contribution < -0.4 is 0 Å². The number of benzene rings is 3. The molecule has 46 heavy (non-hydrogen) atoms. The van der Waals surface area contributed by atoms with Gasteiger partial charge in [0.15, 0.2) is 0 Å². The van der Waals surface area contributed by atoms with Gasteiger partial charge in [-0.25, -0.2) is 4.79 Å². The molecule has 2 aliphatic heterocycles. The summed E-state index contributed by atoms with van der Waals surface area (Å²) < 4.78 is 25.7. The van der Waals surface area contributed by atoms with E-state index in [0.29, 0.717) is 32.8 Å². The van der Waals surface area contributed by atoms with Gasteiger partial charge in [-0.15, -0.1) is 0 Å². The van der Waals surface area contributed by atoms with E-state index in [1.54, 1.807) is 0 Å². The Kier molecular flexibility index (Phi) is 13.7. The molecule has 5 atom stereocenters. The minimum atomic E-state index is -0.382. The Morgan fingerprint density at radius 2 is 1.35 bits per heavy atom. The van der Waals surface area contributed by atoms with Crippen molar-refractivity contribution in [2.75, 3.05) is 6.61 Å². The van der Waals surface area contributed by atoms with Gasteiger partial charge in [0.25, 0.3) is 0 Å². The van der Waals surface area contributed by atoms with Gasteiger partial charge >= 0.3 is 6.09 Å². The monoisotopic (exact) mass is 625 g/mol. The molecule has 0 spiro atoms. The zero-order valence-electron chi connectivity index (χ0n) is 27.4. The highest BCUT2D eigenvalue weighted by Gasteiger charge is 2.50. The molecule has 0 radical (unpaired) electrons. The molecule has 6 heteroatoms. The van der Waals surface area contributed by atoms with Crippen LogP contribution in [0.5, 0.6) is 0 Å². The Labute approximate surface area is 275 Å². The van der Waals surface area contributed by atoms with Crippen LogP contribution in [0.3, 0.4) is 0 Å². The molecule has 0 bridgehead atoms. The van der Waals surface area contributed by atoms with E-state index in [0.717, 1.165) is 36.0 Å². The number of fused-ring (bicyclic) bond motifs is 1. The zero-order chi connectivity index (χ0) is 31.8. The molecule has 0 N–H and O–H groups in total. The molecule has 2 heterocycles. The van der Waals surface area contributed by atoms with E-state index in [4.69, 9.17) is 18.9 Å². The van der Waals surface area contributed by atoms with Gasteiger partial charge in [-0.1, -0.05) is 136 Å². The fourth-order valence-electron chi connectivity index (χ4n) is 6.59. The van der Waals surface area contributed by atoms with E-state index in [9.17, 15) is 4.79 Å². The predicted octanol–water partition coefficient (Wildman–Crippen LogP) is 9.03. The average Bonchev–Trinajstić information content (AvgIpc) is 3.09. The lowest BCUT2D eigenvalue weighted by molar-refractivity contribution is -0.177. The Morgan fingerprint density at radius 3 is 2.00 bits per heavy atom. The lowest BCUT2D eigenvalue weighted by Gasteiger charge is -2.51. The predicted molar refractivity (Wildman–Crippen MR) is 182 cm³/mol. The van der Waals surface area contributed by atoms with Crippen molar-refractivity contribution >= 4 is 6.09 Å². The van der Waals surface area contributed by atoms with Crippen LogP contribution in [0.25, 0.3) is 0 Å². The van der Waals surface area contributed by atoms with Crippen LogP contribution in [0, 0.1) is 0 Å². The fourth-order valence-corrected chi connectivity index (χ4v) is 6.59. The third-order valence-electron chi connectivity index (χ3n) is 9.05. The summed E-state index contributed by atoms with van der Waals surface area (Å²) in [6.45, 7) is 3.93. The number of hydrogen-bond donors (Lipinski definition) is 0. The molecular formula is C40H51NO5. The van der Waals surface area contributed by atoms with Crippen LogP contribution in [0.2, 0.25) is 0 Å². The second-order valence-corrected chi connectivity index (χ2v) is 12.6. The van der Waals surface area contributed by atoms with Gasteiger partial charge in [-0.05, 0) is 36.0 Å². The van der Waals surface area contributed by atoms with Crippen molar-refractivity contribution in [1.82, 2.24) is 4.90 Å². The maximum atomic E-state index is 13.8. The number of amides is 1. The van der Waals surface area contributed by atoms with Crippen molar-refractivity contribution in [3.8, 4) is 0 Å². The molecule has 1 amide bonds. The van der Waals surface area contributed by atoms with Gasteiger partial charge in [-0.3, -0.25) is 4.90 Å². The van der Waals surface area contributed by atoms with E-state index < -0.39 is 0 Å². The van der Waals surface area contributed by atoms with Crippen LogP contribution in [0.15, 0.2) is 103 Å². The Hall–Kier alpha value is -3.45. The number of unbranched alkanes of at least 4 members (excludes halogenated alkanes) is 5. The molecule has 5 rings (SSSR count). The standard InChI is InChI=1S/C40H51NO5/c1-2-3-4-5-6-7-8-18-25-36-26-35-27-38(44-29-33-21-14-10-15-22-33)39(45-30-34-23-16-11-17-24-34)37(41(35)40(42)46-36)31-43-28-32-19-12-9-13-20-32/h8-24,35-39H,2-7,25-31H2,1H3/b18-8+/t35-,36+,37+,38-,39-/m1/s1. The van der Waals surface area contributed by atoms with Gasteiger partial charge in [0, 0.05) is 18.9 Å². The molecule has 0 aliphatic carbocycles. The number of cyclic esters (lactones) is 1. The first-order valence-corrected chi connectivity index (χ1v) is 17.3. The maximum absolute atomic E-state index is 13.8. The van der Waals surface area contributed by atoms with Crippen molar-refractivity contribution in [2.45, 2.75) is 115 Å². The highest BCUT2D eigenvalue weighted by atomic mass is 16.6. The maximum Gasteiger partial charge on any atom is 0.410 e. The topological polar surface area (TPSA) is 57.2 Å². The lowest BCUT2D eigenvalue weighted by Crippen LogP contribution is -2.66. The van der Waals surface area contributed by atoms with Crippen molar-refractivity contribution in [3.05, 3.63) is 120 Å². The fraction of sp³-hybridized carbons (Fsp3) is 0.475. The van der Waals surface area contributed by atoms with E-state index in [2.05, 4.69) is 55.5 Å². The van der Waals surface area contributed by atoms with Crippen LogP contribution in [0.1, 0.15) is 81.4 Å². The molecule has 6 nitrogen and oxygen atoms in total. The molecule has 3 aromatic rings. The molecule has 3 aromatic carbocycles. The quantitative estimate of drug-likeness (QED) is 0.104. The first kappa shape index (κ1) is 33.9. The number of ether oxygens (including phenoxy) is 4. The van der Waals surface area contributed by atoms with Gasteiger partial charge in [0.2, 0.25) is 0 Å². The number of rotatable bonds is 18. The van der Waals surface area contributed by atoms with Gasteiger partial charge in [0.05, 0.1) is 38.6 Å². The number of carbonyl (C=O) groups excluding carboxylic acids is 1. The van der Waals surface area contributed by atoms with Crippen molar-refractivity contribution in [3.63, 3.8) is 0 Å². The molecule has 2 aliphatic rings. The zero-order valence-corrected chi connectivity index (χ0v) is 27.4. The number of hydrogen-bond acceptors (Lipinski definition) is 5. The third-order valence-corrected chi connectivity index (χ3v) is 9.05. The Morgan fingerprint density at radius 1 is 0.739 bits per heavy atom. The minimum absolute atomic E-state index is 0.0173. The second-order valence-electron chi connectivity index (χ2n) is 12.6. The second kappa shape index (κ2) is 18.6. The van der Waals surface area contributed by atoms with E-state index in [-0.39, 0.29) is 36.5 Å². The number of piperidine rings is 1. The van der Waals surface area contributed by atoms with Gasteiger partial charge in [-0.2, -0.15) is 0 Å². The summed E-state index contributed by atoms with van der Waals surface area (Å²) >= 11 is 0. The normalized spacial score (nSPS) is 22.9. The Balaban J connectivity index is 1.30. The highest BCUT2D eigenvalue weighted by Crippen LogP contribution is 2.36. The van der Waals surface area contributed by atoms with Crippen LogP contribution >= 0.6 is 0 Å². The molecule has 0 saturated carbocycles. The summed E-state index contributed by atoms with van der Waals surface area (Å²) in [6, 6.07) is 30.2. The van der Waals surface area contributed by atoms with E-state index >= 15 is 0 Å². The third kappa shape index (κ3) is 10.3. The summed E-state index contributed by atoms with van der Waals surface area (Å²) in [5.74, 6) is 0. The van der Waals surface area contributed by atoms with Gasteiger partial charge in [0.1, 0.15) is 12.2 Å². The molecule has 2 fully saturated rings. The average molecular weight is 626 g/mol. The minimum Gasteiger partial charge on any atom is -0.446 e. The first-order chi connectivity index (χ1) is 22.7. The SMILES string of the molecule is CCCCCCC/C=C/C[C@H]1C[C@@H]2C[C@@H](OCc3ccccc3)[C@H](OCc3ccccc3)[C@H](COCc3ccccc3)N2C(=O)O1. The smallest absolute Gasteiger partial charge is 0.410 e. The number of allylic oxidation sites excluding steroid dienone is 1. The van der Waals surface area contributed by atoms with Crippen molar-refractivity contribution < 1.29 is 23.7 Å². The van der Waals surface area contributed by atoms with Gasteiger partial charge < -0.3 is 18.9 Å². The summed E-state index contributed by atoms with van der Waals surface area (Å²) in [5, 5.41) is 0. The molecule has 0 unspecified atom stereocenters. The number of carbonyl (C=O) groups is 1. The van der Waals surface area contributed by atoms with E-state index in [1.807, 2.05) is 59.5 Å². The van der Waals surface area contributed by atoms with Crippen LogP contribution in [0.4, 0.5) is 4.79 Å². The van der Waals surface area contributed by atoms with Crippen LogP contribution in [-0.4, -0.2) is 48.0 Å². The first-order valence-electron chi connectivity index (χ1n) is 17.3. The summed E-state index contributed by atoms with van der Waals surface area (Å²) in [5.41, 5.74) is 3.28. The number of nitrogens with zero attached hydrogens (tertiary/aromatic N) is 1. The summed E-state index contributed by atoms with van der Waals surface area (Å²) in [7, 11) is 0. The molecule has 2 saturated heterocycles. The largest absolute Gasteiger partial charge is 0.446 e. The Bertz CT molecular complexity index is 1300. The molecule has 246 valence electrons. The van der Waals surface area contributed by atoms with Crippen LogP contribution in [-0.2, 0) is 38.8 Å². The van der Waals surface area contributed by atoms with Crippen molar-refractivity contribution in [1.29, 1.82) is 0 Å². The summed E-state index contributed by atoms with van der Waals surface area (Å²) in [6.07, 6.45) is 13.1. The highest BCUT2D eigenvalue weighted by molar-refractivity contribution is 5.70. The van der Waals surface area contributed by atoms with Crippen molar-refractivity contribution in [2.24, 2.45) is 0 Å². The van der Waals surface area contributed by atoms with E-state index in [1.165, 1.54) is 32.1 Å². The lowest BCUT2D eigenvalue weighted by atomic mass is 9.86. The molecular weight excluding hydrogens is 574 g/mol. The summed E-state index contributed by atoms with van der Waals surface area (Å²) in [4.78, 5) is 15.7. The molecule has 0 aromatic heterocycles.